The van der Waals surface area contributed by atoms with E-state index in [-0.39, 0.29) is 27.4 Å². The molecular formula is C15H6Cl4F3N7. The minimum Gasteiger partial charge on any atom is -0.388 e. The third kappa shape index (κ3) is 5.11. The first-order valence-electron chi connectivity index (χ1n) is 7.15. The van der Waals surface area contributed by atoms with E-state index in [1.54, 1.807) is 12.1 Å². The number of allylic oxidation sites excluding steroid dienone is 2. The fraction of sp³-hybridized carbons (Fsp3) is 0.133. The molecular weight excluding hydrogens is 477 g/mol. The normalized spacial score (nSPS) is 12.8. The van der Waals surface area contributed by atoms with Crippen LogP contribution in [0.25, 0.3) is 5.69 Å². The highest BCUT2D eigenvalue weighted by molar-refractivity contribution is 6.44. The zero-order chi connectivity index (χ0) is 21.9. The first-order chi connectivity index (χ1) is 13.5. The SMILES string of the molecule is N#CC(N)=C(C#N)N=Cc1nc(C(Cl)Cl)n(-c2c(Cl)cc(C(F)(F)F)cc2Cl)n1. The lowest BCUT2D eigenvalue weighted by Gasteiger charge is -2.13. The van der Waals surface area contributed by atoms with Gasteiger partial charge in [0.15, 0.2) is 22.2 Å². The number of benzene rings is 1. The van der Waals surface area contributed by atoms with Crippen LogP contribution in [0.3, 0.4) is 0 Å². The van der Waals surface area contributed by atoms with Gasteiger partial charge >= 0.3 is 6.18 Å². The van der Waals surface area contributed by atoms with Gasteiger partial charge in [-0.05, 0) is 12.1 Å². The molecule has 0 saturated carbocycles. The summed E-state index contributed by atoms with van der Waals surface area (Å²) >= 11 is 23.7. The molecule has 0 radical (unpaired) electrons. The minimum absolute atomic E-state index is 0.130. The molecule has 0 atom stereocenters. The summed E-state index contributed by atoms with van der Waals surface area (Å²) in [6, 6.07) is 4.47. The summed E-state index contributed by atoms with van der Waals surface area (Å²) < 4.78 is 39.7. The van der Waals surface area contributed by atoms with E-state index in [2.05, 4.69) is 15.1 Å². The molecule has 14 heteroatoms. The van der Waals surface area contributed by atoms with Crippen molar-refractivity contribution in [3.05, 3.63) is 50.8 Å². The first-order valence-corrected chi connectivity index (χ1v) is 8.78. The Morgan fingerprint density at radius 1 is 1.21 bits per heavy atom. The zero-order valence-corrected chi connectivity index (χ0v) is 16.7. The molecule has 0 spiro atoms. The maximum Gasteiger partial charge on any atom is 0.416 e. The number of nitrogens with zero attached hydrogens (tertiary/aromatic N) is 6. The number of alkyl halides is 5. The third-order valence-electron chi connectivity index (χ3n) is 3.19. The van der Waals surface area contributed by atoms with Gasteiger partial charge in [-0.25, -0.2) is 14.7 Å². The summed E-state index contributed by atoms with van der Waals surface area (Å²) in [4.78, 5) is 6.39. The van der Waals surface area contributed by atoms with E-state index in [0.717, 1.165) is 10.9 Å². The van der Waals surface area contributed by atoms with Gasteiger partial charge in [-0.3, -0.25) is 0 Å². The molecule has 7 nitrogen and oxygen atoms in total. The van der Waals surface area contributed by atoms with E-state index < -0.39 is 28.0 Å². The second kappa shape index (κ2) is 8.89. The van der Waals surface area contributed by atoms with E-state index in [4.69, 9.17) is 62.7 Å². The summed E-state index contributed by atoms with van der Waals surface area (Å²) in [5.74, 6) is -0.286. The molecule has 1 aromatic carbocycles. The van der Waals surface area contributed by atoms with Crippen LogP contribution in [0.4, 0.5) is 13.2 Å². The van der Waals surface area contributed by atoms with Crippen molar-refractivity contribution in [1.82, 2.24) is 14.8 Å². The van der Waals surface area contributed by atoms with Gasteiger partial charge in [0.05, 0.1) is 21.8 Å². The maximum atomic E-state index is 12.9. The minimum atomic E-state index is -4.67. The van der Waals surface area contributed by atoms with Gasteiger partial charge in [-0.15, -0.1) is 5.10 Å². The topological polar surface area (TPSA) is 117 Å². The second-order valence-corrected chi connectivity index (χ2v) is 6.98. The number of nitrogens with two attached hydrogens (primary N) is 1. The Morgan fingerprint density at radius 2 is 1.79 bits per heavy atom. The van der Waals surface area contributed by atoms with Gasteiger partial charge in [-0.2, -0.15) is 23.7 Å². The Morgan fingerprint density at radius 3 is 2.24 bits per heavy atom. The fourth-order valence-electron chi connectivity index (χ4n) is 1.97. The largest absolute Gasteiger partial charge is 0.416 e. The molecule has 0 aliphatic rings. The molecule has 2 aromatic rings. The van der Waals surface area contributed by atoms with Crippen molar-refractivity contribution in [1.29, 1.82) is 10.5 Å². The number of halogens is 7. The number of aromatic nitrogens is 3. The van der Waals surface area contributed by atoms with Crippen LogP contribution in [0.1, 0.15) is 22.0 Å². The molecule has 150 valence electrons. The van der Waals surface area contributed by atoms with Gasteiger partial charge in [0.25, 0.3) is 0 Å². The standard InChI is InChI=1S/C15H6Cl4F3N7/c16-7-1-6(15(20,21)22)2-8(17)12(7)29-14(13(18)19)27-11(28-29)5-26-10(4-24)9(25)3-23/h1-2,5,13H,25H2. The molecule has 1 heterocycles. The summed E-state index contributed by atoms with van der Waals surface area (Å²) in [5, 5.41) is 20.8. The average molecular weight is 483 g/mol. The maximum absolute atomic E-state index is 12.9. The number of hydrogen-bond donors (Lipinski definition) is 1. The van der Waals surface area contributed by atoms with Gasteiger partial charge in [0.1, 0.15) is 23.5 Å². The van der Waals surface area contributed by atoms with Gasteiger partial charge in [-0.1, -0.05) is 46.4 Å². The highest BCUT2D eigenvalue weighted by Gasteiger charge is 2.33. The van der Waals surface area contributed by atoms with Gasteiger partial charge in [0, 0.05) is 0 Å². The van der Waals surface area contributed by atoms with Crippen LogP contribution in [-0.4, -0.2) is 21.0 Å². The molecule has 29 heavy (non-hydrogen) atoms. The lowest BCUT2D eigenvalue weighted by atomic mass is 10.2. The summed E-state index contributed by atoms with van der Waals surface area (Å²) in [6.07, 6.45) is -3.69. The molecule has 0 saturated heterocycles. The van der Waals surface area contributed by atoms with Crippen LogP contribution in [0.2, 0.25) is 10.0 Å². The van der Waals surface area contributed by atoms with Gasteiger partial charge in [0.2, 0.25) is 0 Å². The van der Waals surface area contributed by atoms with Crippen LogP contribution in [-0.2, 0) is 6.18 Å². The summed E-state index contributed by atoms with van der Waals surface area (Å²) in [6.45, 7) is 0. The number of nitriles is 2. The summed E-state index contributed by atoms with van der Waals surface area (Å²) in [7, 11) is 0. The predicted octanol–water partition coefficient (Wildman–Crippen LogP) is 4.71. The molecule has 1 aromatic heterocycles. The van der Waals surface area contributed by atoms with Crippen LogP contribution >= 0.6 is 46.4 Å². The molecule has 0 unspecified atom stereocenters. The molecule has 0 aliphatic heterocycles. The molecule has 0 bridgehead atoms. The monoisotopic (exact) mass is 481 g/mol. The van der Waals surface area contributed by atoms with E-state index in [1.165, 1.54) is 0 Å². The first kappa shape index (κ1) is 22.8. The molecule has 0 aliphatic carbocycles. The van der Waals surface area contributed by atoms with Crippen LogP contribution in [0, 0.1) is 22.7 Å². The van der Waals surface area contributed by atoms with Crippen molar-refractivity contribution in [3.8, 4) is 17.8 Å². The zero-order valence-electron chi connectivity index (χ0n) is 13.7. The van der Waals surface area contributed by atoms with Crippen molar-refractivity contribution in [2.24, 2.45) is 10.7 Å². The highest BCUT2D eigenvalue weighted by Crippen LogP contribution is 2.38. The van der Waals surface area contributed by atoms with Crippen molar-refractivity contribution in [3.63, 3.8) is 0 Å². The van der Waals surface area contributed by atoms with Gasteiger partial charge < -0.3 is 5.73 Å². The third-order valence-corrected chi connectivity index (χ3v) is 4.16. The Labute approximate surface area is 181 Å². The number of hydrogen-bond acceptors (Lipinski definition) is 6. The lowest BCUT2D eigenvalue weighted by molar-refractivity contribution is -0.137. The van der Waals surface area contributed by atoms with E-state index in [0.29, 0.717) is 12.1 Å². The highest BCUT2D eigenvalue weighted by atomic mass is 35.5. The Bertz CT molecular complexity index is 1070. The Hall–Kier alpha value is -2.50. The predicted molar refractivity (Wildman–Crippen MR) is 101 cm³/mol. The Kier molecular flexibility index (Phi) is 6.98. The van der Waals surface area contributed by atoms with Crippen molar-refractivity contribution >= 4 is 52.6 Å². The molecule has 0 fully saturated rings. The number of aliphatic imine (C=N–C) groups is 1. The Balaban J connectivity index is 2.62. The summed E-state index contributed by atoms with van der Waals surface area (Å²) in [5.41, 5.74) is 3.27. The van der Waals surface area contributed by atoms with Crippen LogP contribution in [0.5, 0.6) is 0 Å². The fourth-order valence-corrected chi connectivity index (χ4v) is 2.90. The molecule has 2 rings (SSSR count). The van der Waals surface area contributed by atoms with E-state index in [9.17, 15) is 13.2 Å². The van der Waals surface area contributed by atoms with Crippen LogP contribution in [0.15, 0.2) is 28.5 Å². The van der Waals surface area contributed by atoms with Crippen molar-refractivity contribution in [2.75, 3.05) is 0 Å². The van der Waals surface area contributed by atoms with E-state index in [1.807, 2.05) is 0 Å². The molecule has 2 N–H and O–H groups in total. The quantitative estimate of drug-likeness (QED) is 0.385. The smallest absolute Gasteiger partial charge is 0.388 e. The number of rotatable bonds is 4. The lowest BCUT2D eigenvalue weighted by Crippen LogP contribution is -2.09. The second-order valence-electron chi connectivity index (χ2n) is 5.07. The van der Waals surface area contributed by atoms with Crippen LogP contribution < -0.4 is 5.73 Å². The average Bonchev–Trinajstić information content (AvgIpc) is 3.04. The van der Waals surface area contributed by atoms with Crippen molar-refractivity contribution in [2.45, 2.75) is 11.0 Å². The van der Waals surface area contributed by atoms with Crippen molar-refractivity contribution < 1.29 is 13.2 Å². The van der Waals surface area contributed by atoms with E-state index >= 15 is 0 Å². The molecule has 0 amide bonds.